The maximum atomic E-state index is 9.62. The van der Waals surface area contributed by atoms with E-state index in [9.17, 15) is 5.11 Å². The van der Waals surface area contributed by atoms with Gasteiger partial charge in [-0.05, 0) is 17.0 Å². The van der Waals surface area contributed by atoms with Gasteiger partial charge in [0.2, 0.25) is 0 Å². The lowest BCUT2D eigenvalue weighted by Crippen LogP contribution is -2.06. The molecule has 2 nitrogen and oxygen atoms in total. The van der Waals surface area contributed by atoms with E-state index < -0.39 is 0 Å². The largest absolute Gasteiger partial charge is 0.508 e. The first-order chi connectivity index (χ1) is 6.05. The summed E-state index contributed by atoms with van der Waals surface area (Å²) in [4.78, 5) is 0. The summed E-state index contributed by atoms with van der Waals surface area (Å²) in [5, 5.41) is 9.62. The Bertz CT molecular complexity index is 333. The van der Waals surface area contributed by atoms with Crippen molar-refractivity contribution < 1.29 is 5.11 Å². The van der Waals surface area contributed by atoms with Crippen LogP contribution in [-0.4, -0.2) is 11.1 Å². The molecule has 0 aromatic heterocycles. The SMILES string of the molecule is CC1(C)[C@@H](N)[C@@H]1c1ccccc1O. The first-order valence-corrected chi connectivity index (χ1v) is 4.58. The van der Waals surface area contributed by atoms with Gasteiger partial charge < -0.3 is 10.8 Å². The molecule has 2 rings (SSSR count). The third kappa shape index (κ3) is 1.13. The molecule has 0 radical (unpaired) electrons. The van der Waals surface area contributed by atoms with Gasteiger partial charge in [-0.25, -0.2) is 0 Å². The molecule has 0 unspecified atom stereocenters. The Labute approximate surface area is 78.4 Å². The summed E-state index contributed by atoms with van der Waals surface area (Å²) in [6, 6.07) is 7.63. The molecule has 70 valence electrons. The summed E-state index contributed by atoms with van der Waals surface area (Å²) < 4.78 is 0. The van der Waals surface area contributed by atoms with Gasteiger partial charge >= 0.3 is 0 Å². The lowest BCUT2D eigenvalue weighted by molar-refractivity contribution is 0.464. The van der Waals surface area contributed by atoms with Crippen LogP contribution in [0.2, 0.25) is 0 Å². The van der Waals surface area contributed by atoms with Crippen molar-refractivity contribution in [3.63, 3.8) is 0 Å². The monoisotopic (exact) mass is 177 g/mol. The quantitative estimate of drug-likeness (QED) is 0.687. The lowest BCUT2D eigenvalue weighted by atomic mass is 10.0. The van der Waals surface area contributed by atoms with Crippen LogP contribution in [0.1, 0.15) is 25.3 Å². The number of aromatic hydroxyl groups is 1. The zero-order valence-electron chi connectivity index (χ0n) is 7.99. The van der Waals surface area contributed by atoms with Gasteiger partial charge in [-0.3, -0.25) is 0 Å². The molecule has 13 heavy (non-hydrogen) atoms. The highest BCUT2D eigenvalue weighted by atomic mass is 16.3. The predicted octanol–water partition coefficient (Wildman–Crippen LogP) is 1.84. The molecule has 1 saturated carbocycles. The van der Waals surface area contributed by atoms with E-state index in [0.29, 0.717) is 11.7 Å². The fraction of sp³-hybridized carbons (Fsp3) is 0.455. The highest BCUT2D eigenvalue weighted by molar-refractivity contribution is 5.43. The van der Waals surface area contributed by atoms with E-state index >= 15 is 0 Å². The van der Waals surface area contributed by atoms with E-state index in [1.165, 1.54) is 0 Å². The van der Waals surface area contributed by atoms with E-state index in [2.05, 4.69) is 13.8 Å². The highest BCUT2D eigenvalue weighted by Gasteiger charge is 2.56. The number of hydrogen-bond donors (Lipinski definition) is 2. The normalized spacial score (nSPS) is 30.1. The molecular formula is C11H15NO. The molecule has 0 spiro atoms. The van der Waals surface area contributed by atoms with E-state index in [1.807, 2.05) is 18.2 Å². The molecule has 1 aromatic rings. The molecule has 0 aliphatic heterocycles. The number of hydrogen-bond acceptors (Lipinski definition) is 2. The van der Waals surface area contributed by atoms with Crippen molar-refractivity contribution in [2.45, 2.75) is 25.8 Å². The molecule has 0 bridgehead atoms. The number of benzene rings is 1. The number of phenolic OH excluding ortho intramolecular Hbond substituents is 1. The summed E-state index contributed by atoms with van der Waals surface area (Å²) >= 11 is 0. The molecule has 3 N–H and O–H groups in total. The van der Waals surface area contributed by atoms with Crippen LogP contribution in [0.25, 0.3) is 0 Å². The van der Waals surface area contributed by atoms with Gasteiger partial charge in [-0.2, -0.15) is 0 Å². The number of phenols is 1. The topological polar surface area (TPSA) is 46.2 Å². The second-order valence-electron chi connectivity index (χ2n) is 4.38. The average molecular weight is 177 g/mol. The van der Waals surface area contributed by atoms with Gasteiger partial charge in [-0.15, -0.1) is 0 Å². The molecule has 2 heteroatoms. The number of nitrogens with two attached hydrogens (primary N) is 1. The Morgan fingerprint density at radius 2 is 1.85 bits per heavy atom. The Morgan fingerprint density at radius 3 is 2.31 bits per heavy atom. The fourth-order valence-electron chi connectivity index (χ4n) is 2.02. The molecule has 1 aliphatic carbocycles. The van der Waals surface area contributed by atoms with Gasteiger partial charge in [0.25, 0.3) is 0 Å². The van der Waals surface area contributed by atoms with Crippen LogP contribution in [0.3, 0.4) is 0 Å². The third-order valence-corrected chi connectivity index (χ3v) is 3.18. The van der Waals surface area contributed by atoms with Gasteiger partial charge in [0, 0.05) is 12.0 Å². The Morgan fingerprint density at radius 1 is 1.31 bits per heavy atom. The minimum atomic E-state index is 0.138. The Balaban J connectivity index is 2.34. The Hall–Kier alpha value is -1.02. The average Bonchev–Trinajstić information content (AvgIpc) is 2.54. The zero-order valence-corrected chi connectivity index (χ0v) is 7.99. The smallest absolute Gasteiger partial charge is 0.119 e. The van der Waals surface area contributed by atoms with E-state index in [4.69, 9.17) is 5.73 Å². The van der Waals surface area contributed by atoms with Crippen LogP contribution in [0.4, 0.5) is 0 Å². The van der Waals surface area contributed by atoms with Crippen molar-refractivity contribution >= 4 is 0 Å². The molecule has 2 atom stereocenters. The molecule has 1 aromatic carbocycles. The second-order valence-corrected chi connectivity index (χ2v) is 4.38. The van der Waals surface area contributed by atoms with Crippen LogP contribution in [0.5, 0.6) is 5.75 Å². The first kappa shape index (κ1) is 8.57. The minimum Gasteiger partial charge on any atom is -0.508 e. The number of rotatable bonds is 1. The predicted molar refractivity (Wildman–Crippen MR) is 52.6 cm³/mol. The molecular weight excluding hydrogens is 162 g/mol. The van der Waals surface area contributed by atoms with Crippen molar-refractivity contribution in [1.29, 1.82) is 0 Å². The van der Waals surface area contributed by atoms with Gasteiger partial charge in [0.15, 0.2) is 0 Å². The first-order valence-electron chi connectivity index (χ1n) is 4.58. The molecule has 0 heterocycles. The van der Waals surface area contributed by atoms with Crippen molar-refractivity contribution in [3.8, 4) is 5.75 Å². The summed E-state index contributed by atoms with van der Waals surface area (Å²) in [5.41, 5.74) is 7.06. The summed E-state index contributed by atoms with van der Waals surface area (Å²) in [6.45, 7) is 4.27. The van der Waals surface area contributed by atoms with E-state index in [0.717, 1.165) is 5.56 Å². The summed E-state index contributed by atoms with van der Waals surface area (Å²) in [7, 11) is 0. The molecule has 1 fully saturated rings. The highest BCUT2D eigenvalue weighted by Crippen LogP contribution is 2.58. The standard InChI is InChI=1S/C11H15NO/c1-11(2)9(10(11)12)7-5-3-4-6-8(7)13/h3-6,9-10,13H,12H2,1-2H3/t9-,10-/m0/s1. The van der Waals surface area contributed by atoms with E-state index in [1.54, 1.807) is 6.07 Å². The van der Waals surface area contributed by atoms with Crippen LogP contribution >= 0.6 is 0 Å². The van der Waals surface area contributed by atoms with Crippen LogP contribution in [0.15, 0.2) is 24.3 Å². The summed E-state index contributed by atoms with van der Waals surface area (Å²) in [5.74, 6) is 0.683. The minimum absolute atomic E-state index is 0.138. The van der Waals surface area contributed by atoms with Crippen molar-refractivity contribution in [2.75, 3.05) is 0 Å². The lowest BCUT2D eigenvalue weighted by Gasteiger charge is -2.04. The van der Waals surface area contributed by atoms with Gasteiger partial charge in [-0.1, -0.05) is 32.0 Å². The third-order valence-electron chi connectivity index (χ3n) is 3.18. The van der Waals surface area contributed by atoms with Crippen molar-refractivity contribution in [2.24, 2.45) is 11.1 Å². The maximum Gasteiger partial charge on any atom is 0.119 e. The van der Waals surface area contributed by atoms with Gasteiger partial charge in [0.05, 0.1) is 0 Å². The maximum absolute atomic E-state index is 9.62. The molecule has 1 aliphatic rings. The van der Waals surface area contributed by atoms with E-state index in [-0.39, 0.29) is 11.5 Å². The second kappa shape index (κ2) is 2.48. The van der Waals surface area contributed by atoms with Gasteiger partial charge in [0.1, 0.15) is 5.75 Å². The zero-order chi connectivity index (χ0) is 9.64. The Kier molecular flexibility index (Phi) is 1.64. The number of para-hydroxylation sites is 1. The van der Waals surface area contributed by atoms with Crippen molar-refractivity contribution in [1.82, 2.24) is 0 Å². The molecule has 0 amide bonds. The van der Waals surface area contributed by atoms with Crippen LogP contribution in [0, 0.1) is 5.41 Å². The van der Waals surface area contributed by atoms with Crippen molar-refractivity contribution in [3.05, 3.63) is 29.8 Å². The summed E-state index contributed by atoms with van der Waals surface area (Å²) in [6.07, 6.45) is 0. The van der Waals surface area contributed by atoms with Crippen LogP contribution < -0.4 is 5.73 Å². The fourth-order valence-corrected chi connectivity index (χ4v) is 2.02. The van der Waals surface area contributed by atoms with Crippen LogP contribution in [-0.2, 0) is 0 Å². The molecule has 0 saturated heterocycles.